The van der Waals surface area contributed by atoms with Crippen molar-refractivity contribution in [3.63, 3.8) is 0 Å². The maximum absolute atomic E-state index is 14.5. The van der Waals surface area contributed by atoms with Crippen LogP contribution in [0.15, 0.2) is 0 Å². The molecule has 0 spiro atoms. The van der Waals surface area contributed by atoms with Gasteiger partial charge in [0.2, 0.25) is 6.23 Å². The third kappa shape index (κ3) is 2.08. The van der Waals surface area contributed by atoms with Gasteiger partial charge in [-0.1, -0.05) is 0 Å². The van der Waals surface area contributed by atoms with Gasteiger partial charge in [-0.25, -0.2) is 4.79 Å². The summed E-state index contributed by atoms with van der Waals surface area (Å²) in [6.45, 7) is -1.03. The topological polar surface area (TPSA) is 145 Å². The number of urea groups is 1. The van der Waals surface area contributed by atoms with E-state index in [0.29, 0.717) is 4.90 Å². The van der Waals surface area contributed by atoms with Crippen LogP contribution in [0.5, 0.6) is 0 Å². The lowest BCUT2D eigenvalue weighted by Gasteiger charge is -2.35. The molecule has 0 bridgehead atoms. The molecule has 2 heterocycles. The number of amides is 2. The van der Waals surface area contributed by atoms with Gasteiger partial charge in [0.15, 0.2) is 6.10 Å². The van der Waals surface area contributed by atoms with Crippen molar-refractivity contribution in [1.29, 1.82) is 0 Å². The molecular formula is C9H14FN3O7. The molecule has 0 aromatic carbocycles. The minimum Gasteiger partial charge on any atom is -0.394 e. The van der Waals surface area contributed by atoms with Crippen LogP contribution < -0.4 is 5.32 Å². The molecule has 5 atom stereocenters. The lowest BCUT2D eigenvalue weighted by atomic mass is 10.1. The Morgan fingerprint density at radius 1 is 1.60 bits per heavy atom. The number of aliphatic hydroxyl groups excluding tert-OH is 3. The number of nitrogens with one attached hydrogen (secondary N) is 1. The molecule has 2 unspecified atom stereocenters. The van der Waals surface area contributed by atoms with E-state index in [1.165, 1.54) is 0 Å². The maximum Gasteiger partial charge on any atom is 0.430 e. The Balaban J connectivity index is 2.29. The van der Waals surface area contributed by atoms with Crippen LogP contribution in [0.3, 0.4) is 0 Å². The van der Waals surface area contributed by atoms with Gasteiger partial charge in [0, 0.05) is 13.0 Å². The Morgan fingerprint density at radius 2 is 2.25 bits per heavy atom. The molecule has 2 aliphatic heterocycles. The first-order valence-electron chi connectivity index (χ1n) is 5.85. The molecule has 2 aliphatic rings. The lowest BCUT2D eigenvalue weighted by Crippen LogP contribution is -2.63. The number of halogens is 1. The summed E-state index contributed by atoms with van der Waals surface area (Å²) in [6, 6.07) is -0.955. The number of hydrogen-bond donors (Lipinski definition) is 4. The fraction of sp³-hybridized carbons (Fsp3) is 0.889. The molecule has 0 aromatic heterocycles. The van der Waals surface area contributed by atoms with E-state index >= 15 is 0 Å². The van der Waals surface area contributed by atoms with Crippen LogP contribution in [0.2, 0.25) is 0 Å². The minimum absolute atomic E-state index is 0.0132. The molecule has 0 saturated carbocycles. The Labute approximate surface area is 111 Å². The molecule has 0 radical (unpaired) electrons. The molecular weight excluding hydrogens is 281 g/mol. The highest BCUT2D eigenvalue weighted by Crippen LogP contribution is 2.37. The third-order valence-electron chi connectivity index (χ3n) is 3.35. The number of nitro groups is 1. The predicted octanol–water partition coefficient (Wildman–Crippen LogP) is -2.26. The van der Waals surface area contributed by atoms with E-state index in [1.807, 2.05) is 0 Å². The fourth-order valence-electron chi connectivity index (χ4n) is 2.26. The van der Waals surface area contributed by atoms with Gasteiger partial charge in [-0.2, -0.15) is 4.39 Å². The van der Waals surface area contributed by atoms with E-state index in [-0.39, 0.29) is 13.0 Å². The first-order valence-corrected chi connectivity index (χ1v) is 5.85. The SMILES string of the molecule is O=C1NC(O)CCN1C1O[C@H](CO)[C@@H](O)[C@@]1(F)[N+](=O)[O-]. The molecule has 2 saturated heterocycles. The number of aliphatic hydroxyl groups is 3. The Kier molecular flexibility index (Phi) is 3.77. The van der Waals surface area contributed by atoms with Crippen molar-refractivity contribution in [3.05, 3.63) is 10.1 Å². The van der Waals surface area contributed by atoms with E-state index in [9.17, 15) is 29.5 Å². The molecule has 2 fully saturated rings. The van der Waals surface area contributed by atoms with Gasteiger partial charge < -0.3 is 25.4 Å². The quantitative estimate of drug-likeness (QED) is 0.261. The summed E-state index contributed by atoms with van der Waals surface area (Å²) in [4.78, 5) is 21.9. The van der Waals surface area contributed by atoms with Crippen molar-refractivity contribution in [3.8, 4) is 0 Å². The monoisotopic (exact) mass is 295 g/mol. The van der Waals surface area contributed by atoms with Crippen LogP contribution >= 0.6 is 0 Å². The molecule has 114 valence electrons. The summed E-state index contributed by atoms with van der Waals surface area (Å²) in [5, 5.41) is 40.7. The van der Waals surface area contributed by atoms with Gasteiger partial charge in [-0.3, -0.25) is 15.0 Å². The molecule has 0 aliphatic carbocycles. The first-order chi connectivity index (χ1) is 9.32. The van der Waals surface area contributed by atoms with Gasteiger partial charge in [-0.15, -0.1) is 0 Å². The largest absolute Gasteiger partial charge is 0.430 e. The van der Waals surface area contributed by atoms with E-state index in [4.69, 9.17) is 9.84 Å². The van der Waals surface area contributed by atoms with Gasteiger partial charge in [0.05, 0.1) is 11.5 Å². The zero-order valence-corrected chi connectivity index (χ0v) is 10.2. The van der Waals surface area contributed by atoms with Crippen molar-refractivity contribution in [2.45, 2.75) is 36.9 Å². The van der Waals surface area contributed by atoms with Crippen molar-refractivity contribution in [1.82, 2.24) is 10.2 Å². The van der Waals surface area contributed by atoms with Crippen LogP contribution in [0.4, 0.5) is 9.18 Å². The van der Waals surface area contributed by atoms with E-state index in [0.717, 1.165) is 0 Å². The number of rotatable bonds is 3. The molecule has 2 amide bonds. The average Bonchev–Trinajstić information content (AvgIpc) is 2.64. The van der Waals surface area contributed by atoms with E-state index in [1.54, 1.807) is 0 Å². The van der Waals surface area contributed by atoms with Crippen LogP contribution in [0, 0.1) is 10.1 Å². The number of nitrogens with zero attached hydrogens (tertiary/aromatic N) is 2. The summed E-state index contributed by atoms with van der Waals surface area (Å²) in [5.74, 6) is -3.45. The summed E-state index contributed by atoms with van der Waals surface area (Å²) in [5.41, 5.74) is 0. The summed E-state index contributed by atoms with van der Waals surface area (Å²) >= 11 is 0. The van der Waals surface area contributed by atoms with Crippen molar-refractivity contribution in [2.75, 3.05) is 13.2 Å². The van der Waals surface area contributed by atoms with Crippen molar-refractivity contribution < 1.29 is 34.2 Å². The highest BCUT2D eigenvalue weighted by atomic mass is 19.1. The van der Waals surface area contributed by atoms with E-state index < -0.39 is 48.0 Å². The van der Waals surface area contributed by atoms with Crippen LogP contribution in [0.1, 0.15) is 6.42 Å². The first kappa shape index (κ1) is 14.8. The Morgan fingerprint density at radius 3 is 2.75 bits per heavy atom. The predicted molar refractivity (Wildman–Crippen MR) is 58.4 cm³/mol. The van der Waals surface area contributed by atoms with Gasteiger partial charge >= 0.3 is 11.8 Å². The second kappa shape index (κ2) is 5.09. The maximum atomic E-state index is 14.5. The van der Waals surface area contributed by atoms with E-state index in [2.05, 4.69) is 5.32 Å². The summed E-state index contributed by atoms with van der Waals surface area (Å²) in [6.07, 6.45) is -6.85. The number of carbonyl (C=O) groups excluding carboxylic acids is 1. The number of ether oxygens (including phenoxy) is 1. The summed E-state index contributed by atoms with van der Waals surface area (Å²) < 4.78 is 19.4. The lowest BCUT2D eigenvalue weighted by molar-refractivity contribution is -0.626. The van der Waals surface area contributed by atoms with Crippen LogP contribution in [-0.2, 0) is 4.74 Å². The standard InChI is InChI=1S/C9H14FN3O7/c10-9(13(18)19)6(16)4(3-14)20-7(9)12-2-1-5(15)11-8(12)17/h4-7,14-16H,1-3H2,(H,11,17)/t4-,5?,6-,7?,9-/m1/s1. The number of alkyl halides is 1. The average molecular weight is 295 g/mol. The zero-order valence-electron chi connectivity index (χ0n) is 10.2. The minimum atomic E-state index is -3.45. The van der Waals surface area contributed by atoms with Gasteiger partial charge in [0.25, 0.3) is 0 Å². The molecule has 11 heteroatoms. The smallest absolute Gasteiger partial charge is 0.394 e. The van der Waals surface area contributed by atoms with Crippen molar-refractivity contribution in [2.24, 2.45) is 0 Å². The zero-order chi connectivity index (χ0) is 15.1. The van der Waals surface area contributed by atoms with Crippen LogP contribution in [0.25, 0.3) is 0 Å². The van der Waals surface area contributed by atoms with Gasteiger partial charge in [-0.05, 0) is 0 Å². The van der Waals surface area contributed by atoms with Crippen LogP contribution in [-0.4, -0.2) is 74.8 Å². The number of hydrogen-bond acceptors (Lipinski definition) is 7. The highest BCUT2D eigenvalue weighted by molar-refractivity contribution is 5.75. The second-order valence-electron chi connectivity index (χ2n) is 4.59. The summed E-state index contributed by atoms with van der Waals surface area (Å²) in [7, 11) is 0. The second-order valence-corrected chi connectivity index (χ2v) is 4.59. The number of carbonyl (C=O) groups is 1. The normalized spacial score (nSPS) is 41.6. The molecule has 20 heavy (non-hydrogen) atoms. The Hall–Kier alpha value is -1.56. The fourth-order valence-corrected chi connectivity index (χ4v) is 2.26. The molecule has 4 N–H and O–H groups in total. The van der Waals surface area contributed by atoms with Crippen molar-refractivity contribution >= 4 is 6.03 Å². The molecule has 0 aromatic rings. The third-order valence-corrected chi connectivity index (χ3v) is 3.35. The molecule has 10 nitrogen and oxygen atoms in total. The van der Waals surface area contributed by atoms with Gasteiger partial charge in [0.1, 0.15) is 12.3 Å². The Bertz CT molecular complexity index is 424. The highest BCUT2D eigenvalue weighted by Gasteiger charge is 2.70. The molecule has 2 rings (SSSR count).